The number of amidine groups is 1. The number of halogens is 4. The van der Waals surface area contributed by atoms with Crippen LogP contribution in [0.15, 0.2) is 83.9 Å². The van der Waals surface area contributed by atoms with Gasteiger partial charge in [-0.1, -0.05) is 66.7 Å². The number of aliphatic imine (C=N–C) groups is 1. The van der Waals surface area contributed by atoms with Gasteiger partial charge in [0.05, 0.1) is 0 Å². The summed E-state index contributed by atoms with van der Waals surface area (Å²) in [6.07, 6.45) is -5.20. The van der Waals surface area contributed by atoms with Gasteiger partial charge in [0.15, 0.2) is 0 Å². The molecule has 0 saturated carbocycles. The summed E-state index contributed by atoms with van der Waals surface area (Å²) < 4.78 is 53.3. The summed E-state index contributed by atoms with van der Waals surface area (Å²) in [6, 6.07) is 20.5. The predicted molar refractivity (Wildman–Crippen MR) is 115 cm³/mol. The molecule has 0 radical (unpaired) electrons. The third kappa shape index (κ3) is 4.89. The number of nitrogens with zero attached hydrogens (tertiary/aromatic N) is 2. The molecule has 0 aliphatic carbocycles. The zero-order valence-corrected chi connectivity index (χ0v) is 17.6. The molecule has 2 atom stereocenters. The molecule has 0 amide bonds. The summed E-state index contributed by atoms with van der Waals surface area (Å²) in [7, 11) is 0. The summed E-state index contributed by atoms with van der Waals surface area (Å²) in [5.41, 5.74) is 2.63. The monoisotopic (exact) mass is 456 g/mol. The molecule has 1 aliphatic heterocycles. The molecular weight excluding hydrogens is 436 g/mol. The Hall–Kier alpha value is -3.68. The van der Waals surface area contributed by atoms with Crippen molar-refractivity contribution in [2.45, 2.75) is 31.6 Å². The van der Waals surface area contributed by atoms with Crippen molar-refractivity contribution in [2.75, 3.05) is 0 Å². The summed E-state index contributed by atoms with van der Waals surface area (Å²) in [4.78, 5) is 21.4. The number of hydrogen-bond acceptors (Lipinski definition) is 4. The number of aryl methyl sites for hydroxylation is 1. The van der Waals surface area contributed by atoms with E-state index < -0.39 is 30.0 Å². The number of alkyl halides is 3. The van der Waals surface area contributed by atoms with E-state index in [1.165, 1.54) is 12.1 Å². The van der Waals surface area contributed by atoms with Gasteiger partial charge in [0, 0.05) is 6.42 Å². The van der Waals surface area contributed by atoms with E-state index in [1.807, 2.05) is 18.2 Å². The molecule has 33 heavy (non-hydrogen) atoms. The normalized spacial score (nSPS) is 18.2. The molecule has 1 aliphatic rings. The van der Waals surface area contributed by atoms with Crippen LogP contribution < -0.4 is 0 Å². The lowest BCUT2D eigenvalue weighted by Gasteiger charge is -2.29. The highest BCUT2D eigenvalue weighted by Gasteiger charge is 2.47. The molecule has 4 rings (SSSR count). The fraction of sp³-hybridized carbons (Fsp3) is 0.200. The Bertz CT molecular complexity index is 1160. The standard InChI is InChI=1S/C25H20F4N2O2/c1-16-12-13-20(26)14-19(16)15-21-30-22(17-8-4-2-5-9-17)23(18-10-6-3-7-11-18)31(21)33-24(32)25(27,28)29/h2-14,22-23H,15H2,1H3. The average Bonchev–Trinajstić information content (AvgIpc) is 3.14. The van der Waals surface area contributed by atoms with Gasteiger partial charge >= 0.3 is 12.1 Å². The first-order valence-corrected chi connectivity index (χ1v) is 10.2. The fourth-order valence-corrected chi connectivity index (χ4v) is 3.83. The molecule has 0 spiro atoms. The maximum Gasteiger partial charge on any atom is 0.493 e. The zero-order valence-electron chi connectivity index (χ0n) is 17.6. The molecule has 4 nitrogen and oxygen atoms in total. The first-order valence-electron chi connectivity index (χ1n) is 10.2. The molecule has 2 unspecified atom stereocenters. The molecular formula is C25H20F4N2O2. The van der Waals surface area contributed by atoms with Crippen LogP contribution in [0, 0.1) is 12.7 Å². The quantitative estimate of drug-likeness (QED) is 0.450. The van der Waals surface area contributed by atoms with Crippen LogP contribution in [0.4, 0.5) is 17.6 Å². The first kappa shape index (κ1) is 22.5. The predicted octanol–water partition coefficient (Wildman–Crippen LogP) is 5.89. The largest absolute Gasteiger partial charge is 0.493 e. The highest BCUT2D eigenvalue weighted by atomic mass is 19.4. The van der Waals surface area contributed by atoms with Crippen LogP contribution >= 0.6 is 0 Å². The van der Waals surface area contributed by atoms with E-state index in [0.29, 0.717) is 11.1 Å². The van der Waals surface area contributed by atoms with Gasteiger partial charge in [-0.2, -0.15) is 18.2 Å². The van der Waals surface area contributed by atoms with Gasteiger partial charge in [-0.15, -0.1) is 0 Å². The van der Waals surface area contributed by atoms with Crippen LogP contribution in [0.2, 0.25) is 0 Å². The van der Waals surface area contributed by atoms with E-state index in [0.717, 1.165) is 16.2 Å². The van der Waals surface area contributed by atoms with Crippen LogP contribution in [-0.2, 0) is 16.1 Å². The lowest BCUT2D eigenvalue weighted by molar-refractivity contribution is -0.230. The van der Waals surface area contributed by atoms with E-state index in [1.54, 1.807) is 55.5 Å². The fourth-order valence-electron chi connectivity index (χ4n) is 3.83. The molecule has 0 N–H and O–H groups in total. The van der Waals surface area contributed by atoms with Gasteiger partial charge in [0.25, 0.3) is 0 Å². The summed E-state index contributed by atoms with van der Waals surface area (Å²) in [5.74, 6) is -2.72. The summed E-state index contributed by atoms with van der Waals surface area (Å²) in [6.45, 7) is 1.76. The molecule has 170 valence electrons. The molecule has 3 aromatic rings. The molecule has 0 saturated heterocycles. The molecule has 0 aromatic heterocycles. The smallest absolute Gasteiger partial charge is 0.330 e. The lowest BCUT2D eigenvalue weighted by Crippen LogP contribution is -2.39. The Morgan fingerprint density at radius 3 is 2.18 bits per heavy atom. The second-order valence-electron chi connectivity index (χ2n) is 7.71. The van der Waals surface area contributed by atoms with Crippen LogP contribution in [0.3, 0.4) is 0 Å². The average molecular weight is 456 g/mol. The molecule has 1 heterocycles. The lowest BCUT2D eigenvalue weighted by atomic mass is 9.94. The number of carbonyl (C=O) groups is 1. The third-order valence-electron chi connectivity index (χ3n) is 5.45. The van der Waals surface area contributed by atoms with E-state index in [-0.39, 0.29) is 12.3 Å². The van der Waals surface area contributed by atoms with Crippen LogP contribution in [0.25, 0.3) is 0 Å². The molecule has 8 heteroatoms. The van der Waals surface area contributed by atoms with Crippen molar-refractivity contribution < 1.29 is 27.2 Å². The topological polar surface area (TPSA) is 41.9 Å². The van der Waals surface area contributed by atoms with Crippen molar-refractivity contribution in [3.05, 3.63) is 107 Å². The van der Waals surface area contributed by atoms with Crippen molar-refractivity contribution in [3.63, 3.8) is 0 Å². The Morgan fingerprint density at radius 2 is 1.58 bits per heavy atom. The van der Waals surface area contributed by atoms with E-state index >= 15 is 0 Å². The highest BCUT2D eigenvalue weighted by Crippen LogP contribution is 2.43. The zero-order chi connectivity index (χ0) is 23.6. The van der Waals surface area contributed by atoms with Crippen molar-refractivity contribution in [2.24, 2.45) is 4.99 Å². The molecule has 0 bridgehead atoms. The molecule has 0 fully saturated rings. The van der Waals surface area contributed by atoms with Crippen LogP contribution in [0.1, 0.15) is 34.3 Å². The van der Waals surface area contributed by atoms with Gasteiger partial charge in [-0.05, 0) is 41.3 Å². The highest BCUT2D eigenvalue weighted by molar-refractivity contribution is 5.88. The molecule has 3 aromatic carbocycles. The number of hydrogen-bond donors (Lipinski definition) is 0. The third-order valence-corrected chi connectivity index (χ3v) is 5.45. The minimum absolute atomic E-state index is 0.0125. The van der Waals surface area contributed by atoms with E-state index in [4.69, 9.17) is 4.84 Å². The van der Waals surface area contributed by atoms with Crippen LogP contribution in [-0.4, -0.2) is 23.0 Å². The van der Waals surface area contributed by atoms with Gasteiger partial charge in [0.1, 0.15) is 23.7 Å². The maximum absolute atomic E-state index is 13.9. The first-order chi connectivity index (χ1) is 15.7. The van der Waals surface area contributed by atoms with Crippen molar-refractivity contribution in [3.8, 4) is 0 Å². The van der Waals surface area contributed by atoms with Crippen LogP contribution in [0.5, 0.6) is 0 Å². The van der Waals surface area contributed by atoms with Crippen molar-refractivity contribution in [1.82, 2.24) is 5.06 Å². The van der Waals surface area contributed by atoms with E-state index in [2.05, 4.69) is 4.99 Å². The minimum Gasteiger partial charge on any atom is -0.330 e. The summed E-state index contributed by atoms with van der Waals surface area (Å²) in [5, 5.41) is 0.924. The number of benzene rings is 3. The van der Waals surface area contributed by atoms with Crippen molar-refractivity contribution >= 4 is 11.8 Å². The summed E-state index contributed by atoms with van der Waals surface area (Å²) >= 11 is 0. The maximum atomic E-state index is 13.9. The van der Waals surface area contributed by atoms with Gasteiger partial charge in [-0.25, -0.2) is 9.18 Å². The van der Waals surface area contributed by atoms with Gasteiger partial charge in [-0.3, -0.25) is 4.99 Å². The van der Waals surface area contributed by atoms with Gasteiger partial charge < -0.3 is 4.84 Å². The Morgan fingerprint density at radius 1 is 0.970 bits per heavy atom. The second kappa shape index (κ2) is 9.05. The number of rotatable bonds is 5. The number of hydroxylamine groups is 2. The Kier molecular flexibility index (Phi) is 6.18. The van der Waals surface area contributed by atoms with Crippen molar-refractivity contribution in [1.29, 1.82) is 0 Å². The number of carbonyl (C=O) groups excluding carboxylic acids is 1. The SMILES string of the molecule is Cc1ccc(F)cc1CC1=NC(c2ccccc2)C(c2ccccc2)N1OC(=O)C(F)(F)F. The second-order valence-corrected chi connectivity index (χ2v) is 7.71. The van der Waals surface area contributed by atoms with Gasteiger partial charge in [0.2, 0.25) is 0 Å². The Labute approximate surface area is 188 Å². The minimum atomic E-state index is -5.19. The Balaban J connectivity index is 1.81. The van der Waals surface area contributed by atoms with E-state index in [9.17, 15) is 22.4 Å².